The van der Waals surface area contributed by atoms with Crippen molar-refractivity contribution in [2.75, 3.05) is 25.2 Å². The van der Waals surface area contributed by atoms with Crippen molar-refractivity contribution in [2.45, 2.75) is 56.4 Å². The number of anilines is 1. The van der Waals surface area contributed by atoms with E-state index < -0.39 is 18.9 Å². The standard InChI is InChI=1S/C26H30F3N6O2P/c1-38(2,37)23-18-6-5-17-19(11-30-22(17)23)21-20(26(27,28)29)12-32-25(35-21)34-15-4-3-14(9-15)33-16-7-13(8-16)10-31-24(18)36/h5-6,11-16,30,33H,3-4,7-10H2,1-2H3,(H,31,36)(H,32,34,35)/t13-,14-,15-,16-/m0/s1. The van der Waals surface area contributed by atoms with Gasteiger partial charge in [0, 0.05) is 53.3 Å². The molecule has 3 aromatic rings. The number of fused-ring (bicyclic) bond motifs is 1. The average molecular weight is 547 g/mol. The van der Waals surface area contributed by atoms with Crippen molar-refractivity contribution in [3.05, 3.63) is 35.7 Å². The molecule has 0 saturated heterocycles. The summed E-state index contributed by atoms with van der Waals surface area (Å²) in [5.74, 6) is 0.172. The minimum atomic E-state index is -4.68. The quantitative estimate of drug-likeness (QED) is 0.338. The van der Waals surface area contributed by atoms with E-state index in [1.807, 2.05) is 0 Å². The number of nitrogens with zero attached hydrogens (tertiary/aromatic N) is 2. The molecule has 1 amide bonds. The maximum absolute atomic E-state index is 14.1. The molecule has 4 N–H and O–H groups in total. The van der Waals surface area contributed by atoms with Crippen LogP contribution in [0.4, 0.5) is 19.1 Å². The molecule has 8 rings (SSSR count). The number of aromatic nitrogens is 3. The maximum Gasteiger partial charge on any atom is 0.419 e. The third kappa shape index (κ3) is 4.60. The monoisotopic (exact) mass is 546 g/mol. The predicted molar refractivity (Wildman–Crippen MR) is 140 cm³/mol. The molecule has 12 heteroatoms. The molecule has 2 aromatic heterocycles. The van der Waals surface area contributed by atoms with Crippen molar-refractivity contribution < 1.29 is 22.5 Å². The lowest BCUT2D eigenvalue weighted by Crippen LogP contribution is -2.49. The number of hydrogen-bond donors (Lipinski definition) is 4. The molecule has 2 aliphatic carbocycles. The van der Waals surface area contributed by atoms with Gasteiger partial charge >= 0.3 is 6.18 Å². The Morgan fingerprint density at radius 1 is 1.03 bits per heavy atom. The van der Waals surface area contributed by atoms with Crippen LogP contribution in [0.1, 0.15) is 48.0 Å². The van der Waals surface area contributed by atoms with E-state index in [0.29, 0.717) is 40.8 Å². The number of carbonyl (C=O) groups excluding carboxylic acids is 1. The molecule has 0 radical (unpaired) electrons. The lowest BCUT2D eigenvalue weighted by Gasteiger charge is -2.38. The maximum atomic E-state index is 14.1. The van der Waals surface area contributed by atoms with Crippen molar-refractivity contribution in [2.24, 2.45) is 5.92 Å². The van der Waals surface area contributed by atoms with Gasteiger partial charge in [-0.3, -0.25) is 4.79 Å². The summed E-state index contributed by atoms with van der Waals surface area (Å²) in [5.41, 5.74) is -0.363. The van der Waals surface area contributed by atoms with Gasteiger partial charge in [0.05, 0.1) is 16.8 Å². The number of alkyl halides is 3. The second kappa shape index (κ2) is 9.09. The molecule has 202 valence electrons. The smallest absolute Gasteiger partial charge is 0.360 e. The van der Waals surface area contributed by atoms with Crippen molar-refractivity contribution in [1.82, 2.24) is 25.6 Å². The van der Waals surface area contributed by atoms with Crippen LogP contribution in [0.2, 0.25) is 0 Å². The highest BCUT2D eigenvalue weighted by Crippen LogP contribution is 2.43. The van der Waals surface area contributed by atoms with E-state index >= 15 is 0 Å². The topological polar surface area (TPSA) is 112 Å². The molecular formula is C26H30F3N6O2P. The summed E-state index contributed by atoms with van der Waals surface area (Å²) in [6, 6.07) is 3.90. The highest BCUT2D eigenvalue weighted by molar-refractivity contribution is 7.70. The van der Waals surface area contributed by atoms with Crippen molar-refractivity contribution in [1.29, 1.82) is 0 Å². The number of rotatable bonds is 1. The highest BCUT2D eigenvalue weighted by atomic mass is 31.2. The van der Waals surface area contributed by atoms with Gasteiger partial charge in [-0.25, -0.2) is 9.97 Å². The number of benzene rings is 1. The van der Waals surface area contributed by atoms with Gasteiger partial charge in [-0.1, -0.05) is 6.07 Å². The predicted octanol–water partition coefficient (Wildman–Crippen LogP) is 4.34. The first-order valence-corrected chi connectivity index (χ1v) is 15.5. The van der Waals surface area contributed by atoms with Gasteiger partial charge in [0.15, 0.2) is 0 Å². The van der Waals surface area contributed by atoms with Crippen LogP contribution in [0.15, 0.2) is 24.5 Å². The van der Waals surface area contributed by atoms with Gasteiger partial charge in [0.25, 0.3) is 5.91 Å². The Labute approximate surface area is 218 Å². The molecule has 0 unspecified atom stereocenters. The Morgan fingerprint density at radius 2 is 1.79 bits per heavy atom. The van der Waals surface area contributed by atoms with Crippen LogP contribution in [0.3, 0.4) is 0 Å². The normalized spacial score (nSPS) is 25.9. The molecule has 38 heavy (non-hydrogen) atoms. The summed E-state index contributed by atoms with van der Waals surface area (Å²) in [6.07, 6.45) is 2.17. The molecular weight excluding hydrogens is 516 g/mol. The first-order valence-electron chi connectivity index (χ1n) is 12.9. The zero-order chi connectivity index (χ0) is 26.8. The molecule has 5 aliphatic rings. The summed E-state index contributed by atoms with van der Waals surface area (Å²) in [6.45, 7) is 3.63. The van der Waals surface area contributed by atoms with Crippen LogP contribution in [0.25, 0.3) is 22.2 Å². The fraction of sp³-hybridized carbons (Fsp3) is 0.500. The first-order chi connectivity index (χ1) is 18.0. The Balaban J connectivity index is 1.51. The minimum absolute atomic E-state index is 0.0533. The largest absolute Gasteiger partial charge is 0.419 e. The number of nitrogens with one attached hydrogen (secondary N) is 4. The van der Waals surface area contributed by atoms with E-state index in [4.69, 9.17) is 0 Å². The van der Waals surface area contributed by atoms with Crippen molar-refractivity contribution >= 4 is 35.2 Å². The fourth-order valence-electron chi connectivity index (χ4n) is 6.14. The van der Waals surface area contributed by atoms with Crippen LogP contribution >= 0.6 is 7.14 Å². The van der Waals surface area contributed by atoms with Gasteiger partial charge < -0.3 is 25.5 Å². The Bertz CT molecular complexity index is 1460. The van der Waals surface area contributed by atoms with Gasteiger partial charge in [-0.15, -0.1) is 0 Å². The molecule has 10 bridgehead atoms. The van der Waals surface area contributed by atoms with Crippen LogP contribution < -0.4 is 21.3 Å². The minimum Gasteiger partial charge on any atom is -0.360 e. The first kappa shape index (κ1) is 25.4. The summed E-state index contributed by atoms with van der Waals surface area (Å²) >= 11 is 0. The van der Waals surface area contributed by atoms with Crippen LogP contribution in [-0.4, -0.2) is 58.9 Å². The van der Waals surface area contributed by atoms with Crippen molar-refractivity contribution in [3.63, 3.8) is 0 Å². The third-order valence-electron chi connectivity index (χ3n) is 7.99. The molecule has 2 atom stereocenters. The third-order valence-corrected chi connectivity index (χ3v) is 9.53. The second-order valence-corrected chi connectivity index (χ2v) is 14.3. The molecule has 3 aliphatic heterocycles. The molecule has 5 heterocycles. The molecule has 2 saturated carbocycles. The summed E-state index contributed by atoms with van der Waals surface area (Å²) < 4.78 is 55.6. The number of amides is 1. The SMILES string of the molecule is CP(C)(=O)c1c2ccc3c(c[nH]c13)-c1nc(ncc1C(F)(F)F)N[C@H]1CC[C@@H](C1)N[C@H]1C[C@H](CNC2=O)C1. The number of H-pyrrole nitrogens is 1. The van der Waals surface area contributed by atoms with E-state index in [2.05, 4.69) is 30.9 Å². The molecule has 2 fully saturated rings. The number of halogens is 3. The van der Waals surface area contributed by atoms with Crippen LogP contribution in [0.5, 0.6) is 0 Å². The Kier molecular flexibility index (Phi) is 6.07. The van der Waals surface area contributed by atoms with E-state index in [1.54, 1.807) is 25.5 Å². The lowest BCUT2D eigenvalue weighted by atomic mass is 9.79. The van der Waals surface area contributed by atoms with E-state index in [1.165, 1.54) is 6.20 Å². The number of aromatic amines is 1. The second-order valence-electron chi connectivity index (χ2n) is 11.2. The van der Waals surface area contributed by atoms with Gasteiger partial charge in [0.1, 0.15) is 12.7 Å². The fourth-order valence-corrected chi connectivity index (χ4v) is 7.62. The van der Waals surface area contributed by atoms with Gasteiger partial charge in [-0.2, -0.15) is 13.2 Å². The van der Waals surface area contributed by atoms with E-state index in [0.717, 1.165) is 38.3 Å². The summed E-state index contributed by atoms with van der Waals surface area (Å²) in [7, 11) is -3.02. The Morgan fingerprint density at radius 3 is 2.53 bits per heavy atom. The van der Waals surface area contributed by atoms with E-state index in [-0.39, 0.29) is 34.7 Å². The zero-order valence-electron chi connectivity index (χ0n) is 21.2. The van der Waals surface area contributed by atoms with Crippen molar-refractivity contribution in [3.8, 4) is 11.3 Å². The van der Waals surface area contributed by atoms with Gasteiger partial charge in [-0.05, 0) is 57.4 Å². The molecule has 8 nitrogen and oxygen atoms in total. The Hall–Kier alpha value is -2.91. The number of carbonyl (C=O) groups is 1. The molecule has 1 aromatic carbocycles. The highest BCUT2D eigenvalue weighted by Gasteiger charge is 2.38. The lowest BCUT2D eigenvalue weighted by molar-refractivity contribution is -0.137. The van der Waals surface area contributed by atoms with Gasteiger partial charge in [0.2, 0.25) is 5.95 Å². The summed E-state index contributed by atoms with van der Waals surface area (Å²) in [4.78, 5) is 24.6. The van der Waals surface area contributed by atoms with E-state index in [9.17, 15) is 22.5 Å². The zero-order valence-corrected chi connectivity index (χ0v) is 22.0. The number of hydrogen-bond acceptors (Lipinski definition) is 6. The summed E-state index contributed by atoms with van der Waals surface area (Å²) in [5, 5.41) is 10.7. The van der Waals surface area contributed by atoms with Crippen LogP contribution in [-0.2, 0) is 10.7 Å². The molecule has 0 spiro atoms. The average Bonchev–Trinajstić information content (AvgIpc) is 3.44. The van der Waals surface area contributed by atoms with Crippen LogP contribution in [0, 0.1) is 5.92 Å².